The number of alkyl halides is 1. The van der Waals surface area contributed by atoms with E-state index in [1.165, 1.54) is 0 Å². The van der Waals surface area contributed by atoms with Gasteiger partial charge in [-0.25, -0.2) is 0 Å². The van der Waals surface area contributed by atoms with E-state index in [1.54, 1.807) is 0 Å². The van der Waals surface area contributed by atoms with E-state index in [0.29, 0.717) is 0 Å². The van der Waals surface area contributed by atoms with Gasteiger partial charge in [-0.1, -0.05) is 15.9 Å². The van der Waals surface area contributed by atoms with Crippen molar-refractivity contribution < 1.29 is 44.3 Å². The Morgan fingerprint density at radius 1 is 0.958 bits per heavy atom. The molecule has 1 rings (SSSR count). The summed E-state index contributed by atoms with van der Waals surface area (Å²) in [7, 11) is 0. The standard InChI is InChI=1S/C14H19BrO9/c1-5(16)9(20)12(6(2)17)10(21)13(22,7(3)18)14(23,8(4)19)11(15)24-12/h9-11,20-23H,1-4H3/t9?,10-,11-,12+,13-,14-/m0/s1. The van der Waals surface area contributed by atoms with Crippen LogP contribution in [0.25, 0.3) is 0 Å². The van der Waals surface area contributed by atoms with Crippen LogP contribution in [0.3, 0.4) is 0 Å². The molecule has 0 aromatic carbocycles. The molecule has 6 atom stereocenters. The lowest BCUT2D eigenvalue weighted by molar-refractivity contribution is -0.307. The molecule has 4 N–H and O–H groups in total. The highest BCUT2D eigenvalue weighted by Gasteiger charge is 2.76. The maximum Gasteiger partial charge on any atom is 0.197 e. The molecule has 0 bridgehead atoms. The Labute approximate surface area is 145 Å². The van der Waals surface area contributed by atoms with Gasteiger partial charge in [0.15, 0.2) is 51.1 Å². The van der Waals surface area contributed by atoms with Crippen LogP contribution in [0.15, 0.2) is 0 Å². The molecule has 9 nitrogen and oxygen atoms in total. The van der Waals surface area contributed by atoms with Gasteiger partial charge in [-0.05, 0) is 27.7 Å². The van der Waals surface area contributed by atoms with Crippen LogP contribution in [-0.2, 0) is 23.9 Å². The molecule has 0 aromatic rings. The molecule has 1 aliphatic heterocycles. The van der Waals surface area contributed by atoms with Gasteiger partial charge in [0.25, 0.3) is 0 Å². The Bertz CT molecular complexity index is 589. The fourth-order valence-electron chi connectivity index (χ4n) is 2.89. The van der Waals surface area contributed by atoms with Crippen molar-refractivity contribution in [2.24, 2.45) is 0 Å². The summed E-state index contributed by atoms with van der Waals surface area (Å²) in [5.74, 6) is -4.49. The molecule has 1 saturated heterocycles. The molecular weight excluding hydrogens is 392 g/mol. The SMILES string of the molecule is CC(=O)C(O)[C@@]1(C(C)=O)O[C@H](Br)[C@@](O)(C(C)=O)[C@](O)(C(C)=O)[C@H]1O. The molecule has 10 heteroatoms. The van der Waals surface area contributed by atoms with Gasteiger partial charge in [0.2, 0.25) is 0 Å². The van der Waals surface area contributed by atoms with E-state index in [1.807, 2.05) is 0 Å². The van der Waals surface area contributed by atoms with E-state index in [-0.39, 0.29) is 0 Å². The van der Waals surface area contributed by atoms with Crippen LogP contribution in [0.4, 0.5) is 0 Å². The Morgan fingerprint density at radius 2 is 1.38 bits per heavy atom. The van der Waals surface area contributed by atoms with Crippen molar-refractivity contribution in [3.8, 4) is 0 Å². The van der Waals surface area contributed by atoms with E-state index in [2.05, 4.69) is 15.9 Å². The highest BCUT2D eigenvalue weighted by atomic mass is 79.9. The summed E-state index contributed by atoms with van der Waals surface area (Å²) < 4.78 is 5.16. The van der Waals surface area contributed by atoms with Crippen LogP contribution >= 0.6 is 15.9 Å². The summed E-state index contributed by atoms with van der Waals surface area (Å²) in [4.78, 5) is 47.6. The lowest BCUT2D eigenvalue weighted by atomic mass is 9.64. The fraction of sp³-hybridized carbons (Fsp3) is 0.714. The first-order chi connectivity index (χ1) is 10.7. The minimum absolute atomic E-state index is 0.771. The number of carbonyl (C=O) groups excluding carboxylic acids is 4. The number of hydrogen-bond acceptors (Lipinski definition) is 9. The highest BCUT2D eigenvalue weighted by Crippen LogP contribution is 2.47. The predicted molar refractivity (Wildman–Crippen MR) is 81.2 cm³/mol. The Kier molecular flexibility index (Phi) is 5.56. The number of ketones is 4. The second-order valence-electron chi connectivity index (χ2n) is 5.84. The van der Waals surface area contributed by atoms with Gasteiger partial charge in [-0.2, -0.15) is 0 Å². The lowest BCUT2D eigenvalue weighted by Gasteiger charge is -2.56. The molecule has 0 radical (unpaired) electrons. The number of ether oxygens (including phenoxy) is 1. The summed E-state index contributed by atoms with van der Waals surface area (Å²) >= 11 is 2.75. The van der Waals surface area contributed by atoms with E-state index >= 15 is 0 Å². The summed E-state index contributed by atoms with van der Waals surface area (Å²) in [5.41, 5.74) is -8.94. The fourth-order valence-corrected chi connectivity index (χ4v) is 3.87. The van der Waals surface area contributed by atoms with Crippen molar-refractivity contribution in [2.75, 3.05) is 0 Å². The lowest BCUT2D eigenvalue weighted by Crippen LogP contribution is -2.84. The van der Waals surface area contributed by atoms with Gasteiger partial charge in [0.05, 0.1) is 0 Å². The van der Waals surface area contributed by atoms with Gasteiger partial charge in [0, 0.05) is 0 Å². The summed E-state index contributed by atoms with van der Waals surface area (Å²) in [5, 5.41) is 40.1. The van der Waals surface area contributed by atoms with Gasteiger partial charge in [0.1, 0.15) is 6.10 Å². The first-order valence-electron chi connectivity index (χ1n) is 6.88. The molecule has 0 spiro atoms. The Morgan fingerprint density at radius 3 is 1.67 bits per heavy atom. The van der Waals surface area contributed by atoms with Gasteiger partial charge in [-0.15, -0.1) is 0 Å². The minimum Gasteiger partial charge on any atom is -0.386 e. The topological polar surface area (TPSA) is 158 Å². The summed E-state index contributed by atoms with van der Waals surface area (Å²) in [6.45, 7) is 3.36. The van der Waals surface area contributed by atoms with Gasteiger partial charge in [-0.3, -0.25) is 19.2 Å². The van der Waals surface area contributed by atoms with Crippen molar-refractivity contribution in [2.45, 2.75) is 61.7 Å². The van der Waals surface area contributed by atoms with Crippen molar-refractivity contribution >= 4 is 39.1 Å². The third-order valence-corrected chi connectivity index (χ3v) is 5.27. The molecular formula is C14H19BrO9. The Balaban J connectivity index is 3.81. The number of carbonyl (C=O) groups is 4. The second-order valence-corrected chi connectivity index (χ2v) is 6.68. The number of halogens is 1. The van der Waals surface area contributed by atoms with E-state index in [0.717, 1.165) is 27.7 Å². The zero-order chi connectivity index (χ0) is 19.2. The molecule has 0 amide bonds. The van der Waals surface area contributed by atoms with Crippen molar-refractivity contribution in [3.05, 3.63) is 0 Å². The largest absolute Gasteiger partial charge is 0.386 e. The normalized spacial score (nSPS) is 40.7. The molecule has 0 aliphatic carbocycles. The number of aliphatic hydroxyl groups excluding tert-OH is 2. The van der Waals surface area contributed by atoms with Gasteiger partial charge >= 0.3 is 0 Å². The monoisotopic (exact) mass is 410 g/mol. The highest BCUT2D eigenvalue weighted by molar-refractivity contribution is 9.09. The first kappa shape index (κ1) is 21.0. The zero-order valence-electron chi connectivity index (χ0n) is 13.4. The quantitative estimate of drug-likeness (QED) is 0.376. The minimum atomic E-state index is -3.21. The smallest absolute Gasteiger partial charge is 0.197 e. The molecule has 0 aromatic heterocycles. The maximum absolute atomic E-state index is 12.1. The van der Waals surface area contributed by atoms with Crippen LogP contribution in [0.5, 0.6) is 0 Å². The molecule has 0 saturated carbocycles. The van der Waals surface area contributed by atoms with Crippen LogP contribution in [0.1, 0.15) is 27.7 Å². The molecule has 1 heterocycles. The van der Waals surface area contributed by atoms with E-state index in [4.69, 9.17) is 4.74 Å². The second kappa shape index (κ2) is 6.36. The number of hydrogen-bond donors (Lipinski definition) is 4. The molecule has 1 aliphatic rings. The molecule has 24 heavy (non-hydrogen) atoms. The van der Waals surface area contributed by atoms with Crippen LogP contribution in [0.2, 0.25) is 0 Å². The van der Waals surface area contributed by atoms with Crippen molar-refractivity contribution in [3.63, 3.8) is 0 Å². The summed E-state index contributed by atoms with van der Waals surface area (Å²) in [6, 6.07) is 0. The zero-order valence-corrected chi connectivity index (χ0v) is 15.0. The van der Waals surface area contributed by atoms with E-state index in [9.17, 15) is 39.6 Å². The first-order valence-corrected chi connectivity index (χ1v) is 7.80. The predicted octanol–water partition coefficient (Wildman–Crippen LogP) is -1.98. The van der Waals surface area contributed by atoms with Crippen LogP contribution in [-0.4, -0.2) is 77.6 Å². The maximum atomic E-state index is 12.1. The third kappa shape index (κ3) is 2.40. The van der Waals surface area contributed by atoms with Crippen molar-refractivity contribution in [1.29, 1.82) is 0 Å². The molecule has 1 unspecified atom stereocenters. The molecule has 1 fully saturated rings. The average molecular weight is 411 g/mol. The number of aliphatic hydroxyl groups is 4. The summed E-state index contributed by atoms with van der Waals surface area (Å²) in [6.07, 6.45) is -4.85. The van der Waals surface area contributed by atoms with Crippen molar-refractivity contribution in [1.82, 2.24) is 0 Å². The van der Waals surface area contributed by atoms with E-state index < -0.39 is 57.2 Å². The van der Waals surface area contributed by atoms with Gasteiger partial charge < -0.3 is 25.2 Å². The number of Topliss-reactive ketones (excluding diaryl/α,β-unsaturated/α-hetero) is 4. The van der Waals surface area contributed by atoms with Crippen LogP contribution < -0.4 is 0 Å². The Hall–Kier alpha value is -1.04. The average Bonchev–Trinajstić information content (AvgIpc) is 2.46. The third-order valence-electron chi connectivity index (χ3n) is 4.42. The number of rotatable bonds is 5. The molecule has 136 valence electrons. The van der Waals surface area contributed by atoms with Crippen LogP contribution in [0, 0.1) is 0 Å².